The lowest BCUT2D eigenvalue weighted by Gasteiger charge is -2.33. The van der Waals surface area contributed by atoms with Crippen molar-refractivity contribution in [3.8, 4) is 0 Å². The molecule has 26 heavy (non-hydrogen) atoms. The third-order valence-electron chi connectivity index (χ3n) is 4.34. The highest BCUT2D eigenvalue weighted by Gasteiger charge is 2.26. The van der Waals surface area contributed by atoms with Gasteiger partial charge in [0.1, 0.15) is 0 Å². The number of nitrogens with one attached hydrogen (secondary N) is 1. The first-order chi connectivity index (χ1) is 12.4. The summed E-state index contributed by atoms with van der Waals surface area (Å²) in [5, 5.41) is 12.2. The molecule has 0 radical (unpaired) electrons. The first kappa shape index (κ1) is 20.2. The monoisotopic (exact) mass is 387 g/mol. The first-order valence-electron chi connectivity index (χ1n) is 8.66. The third-order valence-corrected chi connectivity index (χ3v) is 4.66. The maximum absolute atomic E-state index is 14.6. The average molecular weight is 388 g/mol. The molecule has 1 saturated heterocycles. The van der Waals surface area contributed by atoms with Crippen LogP contribution in [-0.2, 0) is 16.0 Å². The van der Waals surface area contributed by atoms with Gasteiger partial charge in [-0.1, -0.05) is 11.6 Å². The highest BCUT2D eigenvalue weighted by molar-refractivity contribution is 6.31. The Kier molecular flexibility index (Phi) is 7.44. The van der Waals surface area contributed by atoms with Gasteiger partial charge in [-0.3, -0.25) is 4.79 Å². The number of pyridine rings is 1. The van der Waals surface area contributed by atoms with Crippen molar-refractivity contribution >= 4 is 29.5 Å². The van der Waals surface area contributed by atoms with Crippen molar-refractivity contribution in [1.82, 2.24) is 9.88 Å². The van der Waals surface area contributed by atoms with Crippen LogP contribution < -0.4 is 5.32 Å². The maximum atomic E-state index is 14.6. The molecule has 1 fully saturated rings. The molecule has 1 aliphatic rings. The summed E-state index contributed by atoms with van der Waals surface area (Å²) in [4.78, 5) is 28.2. The lowest BCUT2D eigenvalue weighted by molar-refractivity contribution is -0.142. The average Bonchev–Trinajstić information content (AvgIpc) is 2.61. The van der Waals surface area contributed by atoms with Crippen LogP contribution in [0.1, 0.15) is 38.2 Å². The van der Waals surface area contributed by atoms with E-state index in [0.29, 0.717) is 19.5 Å². The van der Waals surface area contributed by atoms with Crippen LogP contribution in [0.25, 0.3) is 0 Å². The number of esters is 1. The Morgan fingerprint density at radius 3 is 2.96 bits per heavy atom. The fourth-order valence-corrected chi connectivity index (χ4v) is 3.25. The summed E-state index contributed by atoms with van der Waals surface area (Å²) in [6.07, 6.45) is 3.26. The smallest absolute Gasteiger partial charge is 0.407 e. The van der Waals surface area contributed by atoms with Gasteiger partial charge in [0, 0.05) is 30.9 Å². The summed E-state index contributed by atoms with van der Waals surface area (Å²) in [5.41, 5.74) is 0.0347. The van der Waals surface area contributed by atoms with Gasteiger partial charge in [0.2, 0.25) is 0 Å². The van der Waals surface area contributed by atoms with Crippen LogP contribution in [0.2, 0.25) is 5.02 Å². The zero-order valence-electron chi connectivity index (χ0n) is 14.6. The number of anilines is 1. The molecule has 1 aromatic heterocycles. The van der Waals surface area contributed by atoms with Crippen molar-refractivity contribution < 1.29 is 23.8 Å². The van der Waals surface area contributed by atoms with Crippen LogP contribution in [0.5, 0.6) is 0 Å². The van der Waals surface area contributed by atoms with Crippen LogP contribution in [0, 0.1) is 5.82 Å². The van der Waals surface area contributed by atoms with Crippen LogP contribution in [0.15, 0.2) is 6.20 Å². The topological polar surface area (TPSA) is 91.8 Å². The molecule has 0 saturated carbocycles. The zero-order valence-corrected chi connectivity index (χ0v) is 15.4. The summed E-state index contributed by atoms with van der Waals surface area (Å²) in [7, 11) is 0. The molecule has 1 amide bonds. The molecule has 7 nitrogen and oxygen atoms in total. The normalized spacial score (nSPS) is 17.0. The van der Waals surface area contributed by atoms with Crippen molar-refractivity contribution in [2.45, 2.75) is 45.1 Å². The van der Waals surface area contributed by atoms with E-state index < -0.39 is 17.9 Å². The molecular formula is C17H23ClFN3O4. The van der Waals surface area contributed by atoms with Gasteiger partial charge >= 0.3 is 12.1 Å². The maximum Gasteiger partial charge on any atom is 0.407 e. The summed E-state index contributed by atoms with van der Waals surface area (Å²) >= 11 is 5.95. The van der Waals surface area contributed by atoms with E-state index in [1.165, 1.54) is 11.1 Å². The van der Waals surface area contributed by atoms with E-state index >= 15 is 0 Å². The Bertz CT molecular complexity index is 659. The summed E-state index contributed by atoms with van der Waals surface area (Å²) in [5.74, 6) is -1.26. The standard InChI is InChI=1S/C17H23ClFN3O4/c1-2-26-14(23)9-12-13(18)10-21-16(15(12)19)20-7-6-11-5-3-4-8-22(11)17(24)25/h10-11H,2-9H2,1H3,(H,20,21)(H,24,25). The van der Waals surface area contributed by atoms with Crippen molar-refractivity contribution in [2.75, 3.05) is 25.0 Å². The minimum atomic E-state index is -0.928. The predicted octanol–water partition coefficient (Wildman–Crippen LogP) is 3.31. The molecule has 2 heterocycles. The van der Waals surface area contributed by atoms with Crippen LogP contribution >= 0.6 is 11.6 Å². The van der Waals surface area contributed by atoms with E-state index in [1.54, 1.807) is 6.92 Å². The lowest BCUT2D eigenvalue weighted by Crippen LogP contribution is -2.43. The fraction of sp³-hybridized carbons (Fsp3) is 0.588. The number of carboxylic acid groups (broad SMARTS) is 1. The summed E-state index contributed by atoms with van der Waals surface area (Å²) in [6, 6.07) is -0.0943. The van der Waals surface area contributed by atoms with Gasteiger partial charge in [-0.05, 0) is 32.6 Å². The zero-order chi connectivity index (χ0) is 19.1. The number of hydrogen-bond acceptors (Lipinski definition) is 5. The molecule has 2 rings (SSSR count). The SMILES string of the molecule is CCOC(=O)Cc1c(Cl)cnc(NCCC2CCCCN2C(=O)O)c1F. The van der Waals surface area contributed by atoms with E-state index in [2.05, 4.69) is 10.3 Å². The third kappa shape index (κ3) is 5.20. The van der Waals surface area contributed by atoms with Crippen LogP contribution in [-0.4, -0.2) is 52.8 Å². The predicted molar refractivity (Wildman–Crippen MR) is 95.0 cm³/mol. The van der Waals surface area contributed by atoms with E-state index in [9.17, 15) is 19.1 Å². The Labute approximate surface area is 156 Å². The second kappa shape index (κ2) is 9.56. The number of halogens is 2. The van der Waals surface area contributed by atoms with Crippen molar-refractivity contribution in [3.05, 3.63) is 22.6 Å². The summed E-state index contributed by atoms with van der Waals surface area (Å²) in [6.45, 7) is 2.76. The number of aromatic nitrogens is 1. The quantitative estimate of drug-likeness (QED) is 0.697. The molecule has 0 aliphatic carbocycles. The van der Waals surface area contributed by atoms with Gasteiger partial charge in [0.15, 0.2) is 11.6 Å². The lowest BCUT2D eigenvalue weighted by atomic mass is 10.00. The molecular weight excluding hydrogens is 365 g/mol. The number of rotatable bonds is 7. The molecule has 9 heteroatoms. The van der Waals surface area contributed by atoms with Crippen LogP contribution in [0.3, 0.4) is 0 Å². The minimum absolute atomic E-state index is 0.00798. The number of hydrogen-bond donors (Lipinski definition) is 2. The second-order valence-corrected chi connectivity index (χ2v) is 6.48. The number of likely N-dealkylation sites (tertiary alicyclic amines) is 1. The molecule has 1 atom stereocenters. The van der Waals surface area contributed by atoms with Gasteiger partial charge in [-0.15, -0.1) is 0 Å². The number of nitrogens with zero attached hydrogens (tertiary/aromatic N) is 2. The summed E-state index contributed by atoms with van der Waals surface area (Å²) < 4.78 is 19.4. The molecule has 0 bridgehead atoms. The first-order valence-corrected chi connectivity index (χ1v) is 9.03. The number of carbonyl (C=O) groups is 2. The van der Waals surface area contributed by atoms with Crippen molar-refractivity contribution in [1.29, 1.82) is 0 Å². The fourth-order valence-electron chi connectivity index (χ4n) is 3.05. The molecule has 1 aromatic rings. The minimum Gasteiger partial charge on any atom is -0.466 e. The molecule has 0 aromatic carbocycles. The highest BCUT2D eigenvalue weighted by Crippen LogP contribution is 2.25. The van der Waals surface area contributed by atoms with Crippen molar-refractivity contribution in [3.63, 3.8) is 0 Å². The highest BCUT2D eigenvalue weighted by atomic mass is 35.5. The molecule has 144 valence electrons. The number of carbonyl (C=O) groups excluding carboxylic acids is 1. The van der Waals surface area contributed by atoms with E-state index in [4.69, 9.17) is 16.3 Å². The van der Waals surface area contributed by atoms with Gasteiger partial charge in [-0.2, -0.15) is 0 Å². The molecule has 0 spiro atoms. The molecule has 1 aliphatic heterocycles. The van der Waals surface area contributed by atoms with E-state index in [1.807, 2.05) is 0 Å². The van der Waals surface area contributed by atoms with Crippen molar-refractivity contribution in [2.24, 2.45) is 0 Å². The Hall–Kier alpha value is -2.09. The largest absolute Gasteiger partial charge is 0.466 e. The molecule has 1 unspecified atom stereocenters. The number of ether oxygens (including phenoxy) is 1. The Morgan fingerprint density at radius 1 is 1.50 bits per heavy atom. The van der Waals surface area contributed by atoms with Gasteiger partial charge in [-0.25, -0.2) is 14.2 Å². The van der Waals surface area contributed by atoms with Gasteiger partial charge in [0.05, 0.1) is 18.1 Å². The number of piperidine rings is 1. The van der Waals surface area contributed by atoms with E-state index in [0.717, 1.165) is 19.3 Å². The van der Waals surface area contributed by atoms with Gasteiger partial charge < -0.3 is 20.1 Å². The van der Waals surface area contributed by atoms with Crippen LogP contribution in [0.4, 0.5) is 15.0 Å². The Morgan fingerprint density at radius 2 is 2.27 bits per heavy atom. The van der Waals surface area contributed by atoms with Gasteiger partial charge in [0.25, 0.3) is 0 Å². The molecule has 2 N–H and O–H groups in total. The Balaban J connectivity index is 1.99. The number of amides is 1. The second-order valence-electron chi connectivity index (χ2n) is 6.07. The van der Waals surface area contributed by atoms with E-state index in [-0.39, 0.29) is 35.5 Å².